The summed E-state index contributed by atoms with van der Waals surface area (Å²) in [4.78, 5) is 34.2. The molecule has 0 rings (SSSR count). The van der Waals surface area contributed by atoms with Gasteiger partial charge >= 0.3 is 5.97 Å². The van der Waals surface area contributed by atoms with Crippen LogP contribution in [0, 0.1) is 0 Å². The molecule has 6 nitrogen and oxygen atoms in total. The molecule has 0 fully saturated rings. The third kappa shape index (κ3) is 9.04. The number of esters is 1. The first-order valence-electron chi connectivity index (χ1n) is 6.71. The van der Waals surface area contributed by atoms with Crippen molar-refractivity contribution in [2.24, 2.45) is 0 Å². The second-order valence-corrected chi connectivity index (χ2v) is 4.27. The van der Waals surface area contributed by atoms with Gasteiger partial charge < -0.3 is 15.4 Å². The van der Waals surface area contributed by atoms with Crippen LogP contribution in [0.1, 0.15) is 46.5 Å². The summed E-state index contributed by atoms with van der Waals surface area (Å²) in [5.74, 6) is -1.21. The lowest BCUT2D eigenvalue weighted by Gasteiger charge is -2.16. The first-order valence-corrected chi connectivity index (χ1v) is 6.71. The molecule has 6 heteroatoms. The molecule has 2 N–H and O–H groups in total. The third-order valence-corrected chi connectivity index (χ3v) is 2.44. The van der Waals surface area contributed by atoms with E-state index in [1.54, 1.807) is 6.92 Å². The van der Waals surface area contributed by atoms with Crippen molar-refractivity contribution in [1.82, 2.24) is 10.6 Å². The molecule has 0 spiro atoms. The van der Waals surface area contributed by atoms with Crippen molar-refractivity contribution in [1.29, 1.82) is 0 Å². The summed E-state index contributed by atoms with van der Waals surface area (Å²) < 4.78 is 4.82. The Hall–Kier alpha value is -1.59. The van der Waals surface area contributed by atoms with Gasteiger partial charge in [0, 0.05) is 13.5 Å². The van der Waals surface area contributed by atoms with Gasteiger partial charge in [-0.25, -0.2) is 4.79 Å². The van der Waals surface area contributed by atoms with Crippen molar-refractivity contribution in [2.45, 2.75) is 52.5 Å². The third-order valence-electron chi connectivity index (χ3n) is 2.44. The number of hydrogen-bond acceptors (Lipinski definition) is 4. The molecule has 0 aliphatic heterocycles. The molecule has 1 atom stereocenters. The molecule has 0 aromatic rings. The predicted molar refractivity (Wildman–Crippen MR) is 71.4 cm³/mol. The Morgan fingerprint density at radius 1 is 1.16 bits per heavy atom. The van der Waals surface area contributed by atoms with Gasteiger partial charge in [0.1, 0.15) is 6.04 Å². The highest BCUT2D eigenvalue weighted by Gasteiger charge is 2.23. The zero-order valence-electron chi connectivity index (χ0n) is 12.0. The molecular weight excluding hydrogens is 248 g/mol. The van der Waals surface area contributed by atoms with Gasteiger partial charge in [0.05, 0.1) is 13.0 Å². The lowest BCUT2D eigenvalue weighted by Crippen LogP contribution is -2.44. The number of rotatable bonds is 9. The Morgan fingerprint density at radius 2 is 1.84 bits per heavy atom. The number of carbonyl (C=O) groups excluding carboxylic acids is 3. The Balaban J connectivity index is 4.18. The van der Waals surface area contributed by atoms with Crippen molar-refractivity contribution < 1.29 is 19.1 Å². The van der Waals surface area contributed by atoms with Gasteiger partial charge in [0.15, 0.2) is 0 Å². The maximum absolute atomic E-state index is 11.6. The average Bonchev–Trinajstić information content (AvgIpc) is 2.33. The van der Waals surface area contributed by atoms with E-state index in [4.69, 9.17) is 4.74 Å². The normalized spacial score (nSPS) is 11.5. The second kappa shape index (κ2) is 10.3. The highest BCUT2D eigenvalue weighted by Crippen LogP contribution is 1.98. The molecule has 0 aliphatic carbocycles. The number of hydrogen-bond donors (Lipinski definition) is 2. The van der Waals surface area contributed by atoms with Crippen molar-refractivity contribution >= 4 is 17.8 Å². The Labute approximate surface area is 114 Å². The first-order chi connectivity index (χ1) is 9.01. The highest BCUT2D eigenvalue weighted by molar-refractivity contribution is 5.88. The molecule has 1 unspecified atom stereocenters. The molecule has 0 saturated heterocycles. The average molecular weight is 272 g/mol. The SMILES string of the molecule is CCCCCNC(=O)CC(NC(C)=O)C(=O)OCC. The maximum Gasteiger partial charge on any atom is 0.329 e. The Bertz CT molecular complexity index is 305. The predicted octanol–water partition coefficient (Wildman–Crippen LogP) is 0.751. The largest absolute Gasteiger partial charge is 0.464 e. The zero-order chi connectivity index (χ0) is 14.7. The van der Waals surface area contributed by atoms with Gasteiger partial charge in [-0.1, -0.05) is 19.8 Å². The van der Waals surface area contributed by atoms with Crippen LogP contribution in [0.15, 0.2) is 0 Å². The molecule has 0 aromatic heterocycles. The molecule has 0 radical (unpaired) electrons. The first kappa shape index (κ1) is 17.4. The summed E-state index contributed by atoms with van der Waals surface area (Å²) >= 11 is 0. The molecule has 0 saturated carbocycles. The van der Waals surface area contributed by atoms with Crippen molar-refractivity contribution in [3.63, 3.8) is 0 Å². The van der Waals surface area contributed by atoms with Crippen LogP contribution in [0.25, 0.3) is 0 Å². The van der Waals surface area contributed by atoms with Crippen molar-refractivity contribution in [3.05, 3.63) is 0 Å². The van der Waals surface area contributed by atoms with Crippen LogP contribution >= 0.6 is 0 Å². The van der Waals surface area contributed by atoms with Crippen LogP contribution in [0.4, 0.5) is 0 Å². The molecule has 0 aromatic carbocycles. The van der Waals surface area contributed by atoms with Crippen molar-refractivity contribution in [3.8, 4) is 0 Å². The quantitative estimate of drug-likeness (QED) is 0.479. The number of ether oxygens (including phenoxy) is 1. The molecule has 110 valence electrons. The van der Waals surface area contributed by atoms with Crippen LogP contribution in [0.5, 0.6) is 0 Å². The van der Waals surface area contributed by atoms with Crippen LogP contribution in [0.2, 0.25) is 0 Å². The van der Waals surface area contributed by atoms with Crippen molar-refractivity contribution in [2.75, 3.05) is 13.2 Å². The van der Waals surface area contributed by atoms with Crippen LogP contribution in [-0.4, -0.2) is 37.0 Å². The number of nitrogens with one attached hydrogen (secondary N) is 2. The van der Waals surface area contributed by atoms with E-state index in [-0.39, 0.29) is 24.8 Å². The topological polar surface area (TPSA) is 84.5 Å². The minimum absolute atomic E-state index is 0.0927. The Morgan fingerprint density at radius 3 is 2.37 bits per heavy atom. The van der Waals surface area contributed by atoms with Gasteiger partial charge in [-0.2, -0.15) is 0 Å². The van der Waals surface area contributed by atoms with E-state index in [2.05, 4.69) is 17.6 Å². The van der Waals surface area contributed by atoms with Gasteiger partial charge in [-0.3, -0.25) is 9.59 Å². The van der Waals surface area contributed by atoms with E-state index in [0.29, 0.717) is 6.54 Å². The van der Waals surface area contributed by atoms with E-state index in [9.17, 15) is 14.4 Å². The summed E-state index contributed by atoms with van der Waals surface area (Å²) in [5, 5.41) is 5.14. The highest BCUT2D eigenvalue weighted by atomic mass is 16.5. The second-order valence-electron chi connectivity index (χ2n) is 4.27. The lowest BCUT2D eigenvalue weighted by molar-refractivity contribution is -0.148. The van der Waals surface area contributed by atoms with Gasteiger partial charge in [0.2, 0.25) is 11.8 Å². The summed E-state index contributed by atoms with van der Waals surface area (Å²) in [6.45, 7) is 5.85. The molecule has 0 bridgehead atoms. The summed E-state index contributed by atoms with van der Waals surface area (Å²) in [6, 6.07) is -0.913. The standard InChI is InChI=1S/C13H24N2O4/c1-4-6-7-8-14-12(17)9-11(15-10(3)16)13(18)19-5-2/h11H,4-9H2,1-3H3,(H,14,17)(H,15,16). The molecule has 0 heterocycles. The fraction of sp³-hybridized carbons (Fsp3) is 0.769. The fourth-order valence-electron chi connectivity index (χ4n) is 1.54. The fourth-order valence-corrected chi connectivity index (χ4v) is 1.54. The summed E-state index contributed by atoms with van der Waals surface area (Å²) in [7, 11) is 0. The van der Waals surface area contributed by atoms with E-state index in [0.717, 1.165) is 19.3 Å². The van der Waals surface area contributed by atoms with Crippen LogP contribution < -0.4 is 10.6 Å². The minimum Gasteiger partial charge on any atom is -0.464 e. The Kier molecular flexibility index (Phi) is 9.48. The van der Waals surface area contributed by atoms with Gasteiger partial charge in [0.25, 0.3) is 0 Å². The lowest BCUT2D eigenvalue weighted by atomic mass is 10.2. The van der Waals surface area contributed by atoms with E-state index in [1.165, 1.54) is 6.92 Å². The number of carbonyl (C=O) groups is 3. The van der Waals surface area contributed by atoms with Gasteiger partial charge in [-0.05, 0) is 13.3 Å². The van der Waals surface area contributed by atoms with Crippen LogP contribution in [0.3, 0.4) is 0 Å². The van der Waals surface area contributed by atoms with E-state index in [1.807, 2.05) is 0 Å². The van der Waals surface area contributed by atoms with Crippen LogP contribution in [-0.2, 0) is 19.1 Å². The smallest absolute Gasteiger partial charge is 0.329 e. The monoisotopic (exact) mass is 272 g/mol. The maximum atomic E-state index is 11.6. The van der Waals surface area contributed by atoms with Gasteiger partial charge in [-0.15, -0.1) is 0 Å². The molecule has 19 heavy (non-hydrogen) atoms. The zero-order valence-corrected chi connectivity index (χ0v) is 12.0. The van der Waals surface area contributed by atoms with E-state index < -0.39 is 12.0 Å². The van der Waals surface area contributed by atoms with E-state index >= 15 is 0 Å². The molecule has 0 aliphatic rings. The molecule has 2 amide bonds. The summed E-state index contributed by atoms with van der Waals surface area (Å²) in [6.07, 6.45) is 2.94. The minimum atomic E-state index is -0.913. The number of unbranched alkanes of at least 4 members (excludes halogenated alkanes) is 2. The summed E-state index contributed by atoms with van der Waals surface area (Å²) in [5.41, 5.74) is 0. The molecular formula is C13H24N2O4. The number of amides is 2.